The first kappa shape index (κ1) is 12.3. The van der Waals surface area contributed by atoms with E-state index in [0.717, 1.165) is 5.14 Å². The van der Waals surface area contributed by atoms with Gasteiger partial charge in [-0.15, -0.1) is 0 Å². The minimum atomic E-state index is -0.581. The van der Waals surface area contributed by atoms with Gasteiger partial charge >= 0.3 is 0 Å². The average Bonchev–Trinajstić information content (AvgIpc) is 1.54. The highest BCUT2D eigenvalue weighted by Crippen LogP contribution is 2.72. The Bertz CT molecular complexity index is 105. The van der Waals surface area contributed by atoms with Crippen LogP contribution in [-0.4, -0.2) is 51.8 Å². The number of rotatable bonds is 3. The van der Waals surface area contributed by atoms with Crippen LogP contribution >= 0.6 is 23.1 Å². The molecule has 0 heterocycles. The highest BCUT2D eigenvalue weighted by Gasteiger charge is 2.35. The van der Waals surface area contributed by atoms with Crippen molar-refractivity contribution < 1.29 is 0 Å². The number of hydrogen-bond donors (Lipinski definition) is 0. The molecule has 0 unspecified atom stereocenters. The minimum absolute atomic E-state index is 0.287. The van der Waals surface area contributed by atoms with Crippen LogP contribution in [-0.2, 0) is 0 Å². The molecule has 0 aliphatic rings. The van der Waals surface area contributed by atoms with Gasteiger partial charge in [0.25, 0.3) is 0 Å². The molecule has 0 aliphatic carbocycles. The van der Waals surface area contributed by atoms with Crippen molar-refractivity contribution in [2.75, 3.05) is 46.7 Å². The Balaban J connectivity index is 4.35. The van der Waals surface area contributed by atoms with Crippen LogP contribution in [0, 0.1) is 0 Å². The molecular weight excluding hydrogens is 189 g/mol. The summed E-state index contributed by atoms with van der Waals surface area (Å²) in [5.41, 5.74) is 0. The van der Waals surface area contributed by atoms with Gasteiger partial charge in [0.1, 0.15) is 5.14 Å². The van der Waals surface area contributed by atoms with Gasteiger partial charge in [-0.25, -0.2) is 0 Å². The molecule has 0 bridgehead atoms. The Kier molecular flexibility index (Phi) is 5.03. The zero-order valence-corrected chi connectivity index (χ0v) is 11.6. The van der Waals surface area contributed by atoms with E-state index in [9.17, 15) is 0 Å². The third kappa shape index (κ3) is 4.17. The lowest BCUT2D eigenvalue weighted by atomic mass is 11.7. The lowest BCUT2D eigenvalue weighted by Crippen LogP contribution is -2.06. The van der Waals surface area contributed by atoms with Gasteiger partial charge in [0.2, 0.25) is 0 Å². The van der Waals surface area contributed by atoms with E-state index in [1.54, 1.807) is 0 Å². The fourth-order valence-electron chi connectivity index (χ4n) is 1.85. The van der Waals surface area contributed by atoms with Gasteiger partial charge < -0.3 is 0 Å². The summed E-state index contributed by atoms with van der Waals surface area (Å²) in [6.07, 6.45) is 0. The molecule has 0 rings (SSSR count). The van der Waals surface area contributed by atoms with Gasteiger partial charge in [0, 0.05) is 27.3 Å². The predicted octanol–water partition coefficient (Wildman–Crippen LogP) is 3.66. The van der Waals surface area contributed by atoms with Crippen LogP contribution in [0.1, 0.15) is 0 Å². The Labute approximate surface area is 75.4 Å². The van der Waals surface area contributed by atoms with Crippen molar-refractivity contribution in [1.82, 2.24) is 0 Å². The van der Waals surface area contributed by atoms with Crippen molar-refractivity contribution in [3.63, 3.8) is 0 Å². The van der Waals surface area contributed by atoms with Gasteiger partial charge in [-0.05, 0) is 26.7 Å². The standard InChI is InChI=1S/C8H22P3/c1-9(2)8(10(3)4)11(5,6)7/h8H,1-7H3/q+1. The van der Waals surface area contributed by atoms with Gasteiger partial charge in [-0.2, -0.15) is 0 Å². The van der Waals surface area contributed by atoms with Crippen molar-refractivity contribution in [1.29, 1.82) is 0 Å². The van der Waals surface area contributed by atoms with Gasteiger partial charge in [0.15, 0.2) is 0 Å². The molecule has 0 saturated carbocycles. The average molecular weight is 211 g/mol. The van der Waals surface area contributed by atoms with Crippen LogP contribution in [0.3, 0.4) is 0 Å². The first-order valence-corrected chi connectivity index (χ1v) is 11.7. The summed E-state index contributed by atoms with van der Waals surface area (Å²) in [7, 11) is -0.00694. The molecule has 0 spiro atoms. The molecular formula is C8H22P3+. The van der Waals surface area contributed by atoms with Crippen molar-refractivity contribution in [3.8, 4) is 0 Å². The summed E-state index contributed by atoms with van der Waals surface area (Å²) in [5.74, 6) is 0. The normalized spacial score (nSPS) is 13.6. The summed E-state index contributed by atoms with van der Waals surface area (Å²) in [6, 6.07) is 0. The SMILES string of the molecule is CP(C)C(P(C)C)[P+](C)(C)C. The second kappa shape index (κ2) is 4.50. The molecule has 0 saturated heterocycles. The van der Waals surface area contributed by atoms with Gasteiger partial charge in [-0.3, -0.25) is 0 Å². The molecule has 0 aromatic heterocycles. The summed E-state index contributed by atoms with van der Waals surface area (Å²) < 4.78 is 0. The third-order valence-corrected chi connectivity index (χ3v) is 14.5. The Hall–Kier alpha value is 1.29. The monoisotopic (exact) mass is 211 g/mol. The zero-order chi connectivity index (χ0) is 9.23. The first-order valence-electron chi connectivity index (χ1n) is 3.91. The highest BCUT2D eigenvalue weighted by molar-refractivity contribution is 7.96. The van der Waals surface area contributed by atoms with Crippen LogP contribution in [0.25, 0.3) is 0 Å². The van der Waals surface area contributed by atoms with Gasteiger partial charge in [0.05, 0.1) is 0 Å². The first-order chi connectivity index (χ1) is 4.76. The summed E-state index contributed by atoms with van der Waals surface area (Å²) in [5, 5.41) is 1.08. The fraction of sp³-hybridized carbons (Fsp3) is 1.00. The van der Waals surface area contributed by atoms with Crippen LogP contribution in [0.4, 0.5) is 0 Å². The minimum Gasteiger partial charge on any atom is -0.0654 e. The lowest BCUT2D eigenvalue weighted by molar-refractivity contribution is 1.71. The molecule has 68 valence electrons. The second-order valence-corrected chi connectivity index (χ2v) is 15.2. The van der Waals surface area contributed by atoms with Crippen molar-refractivity contribution >= 4 is 23.1 Å². The summed E-state index contributed by atoms with van der Waals surface area (Å²) in [4.78, 5) is 0. The Morgan fingerprint density at radius 1 is 0.818 bits per heavy atom. The van der Waals surface area contributed by atoms with Crippen LogP contribution < -0.4 is 0 Å². The maximum Gasteiger partial charge on any atom is 0.103 e. The fourth-order valence-corrected chi connectivity index (χ4v) is 16.6. The highest BCUT2D eigenvalue weighted by atomic mass is 31.3. The van der Waals surface area contributed by atoms with Crippen molar-refractivity contribution in [2.45, 2.75) is 5.14 Å². The predicted molar refractivity (Wildman–Crippen MR) is 66.0 cm³/mol. The molecule has 3 heteroatoms. The largest absolute Gasteiger partial charge is 0.103 e. The lowest BCUT2D eigenvalue weighted by Gasteiger charge is -2.31. The van der Waals surface area contributed by atoms with E-state index in [-0.39, 0.29) is 15.8 Å². The Morgan fingerprint density at radius 3 is 1.09 bits per heavy atom. The number of hydrogen-bond acceptors (Lipinski definition) is 0. The molecule has 0 radical (unpaired) electrons. The van der Waals surface area contributed by atoms with Gasteiger partial charge in [-0.1, -0.05) is 15.8 Å². The van der Waals surface area contributed by atoms with E-state index in [4.69, 9.17) is 0 Å². The molecule has 0 aromatic carbocycles. The maximum atomic E-state index is 2.49. The Morgan fingerprint density at radius 2 is 1.09 bits per heavy atom. The molecule has 0 aromatic rings. The van der Waals surface area contributed by atoms with Crippen molar-refractivity contribution in [2.24, 2.45) is 0 Å². The van der Waals surface area contributed by atoms with E-state index >= 15 is 0 Å². The van der Waals surface area contributed by atoms with Crippen LogP contribution in [0.15, 0.2) is 0 Å². The smallest absolute Gasteiger partial charge is 0.0654 e. The second-order valence-electron chi connectivity index (χ2n) is 4.39. The molecule has 11 heavy (non-hydrogen) atoms. The van der Waals surface area contributed by atoms with Crippen molar-refractivity contribution in [3.05, 3.63) is 0 Å². The maximum absolute atomic E-state index is 2.49. The molecule has 0 N–H and O–H groups in total. The molecule has 0 fully saturated rings. The molecule has 0 atom stereocenters. The molecule has 0 amide bonds. The summed E-state index contributed by atoms with van der Waals surface area (Å²) >= 11 is 0. The summed E-state index contributed by atoms with van der Waals surface area (Å²) in [6.45, 7) is 17.2. The van der Waals surface area contributed by atoms with Crippen LogP contribution in [0.5, 0.6) is 0 Å². The van der Waals surface area contributed by atoms with E-state index in [1.807, 2.05) is 0 Å². The third-order valence-electron chi connectivity index (χ3n) is 1.62. The van der Waals surface area contributed by atoms with E-state index in [0.29, 0.717) is 0 Å². The zero-order valence-electron chi connectivity index (χ0n) is 8.92. The quantitative estimate of drug-likeness (QED) is 0.625. The van der Waals surface area contributed by atoms with E-state index < -0.39 is 7.26 Å². The van der Waals surface area contributed by atoms with Crippen LogP contribution in [0.2, 0.25) is 0 Å². The molecule has 0 nitrogen and oxygen atoms in total. The topological polar surface area (TPSA) is 0 Å². The van der Waals surface area contributed by atoms with E-state index in [2.05, 4.69) is 46.7 Å². The molecule has 0 aliphatic heterocycles. The van der Waals surface area contributed by atoms with E-state index in [1.165, 1.54) is 0 Å².